The second kappa shape index (κ2) is 7.63. The van der Waals surface area contributed by atoms with E-state index in [4.69, 9.17) is 0 Å². The van der Waals surface area contributed by atoms with Crippen LogP contribution in [0.25, 0.3) is 0 Å². The van der Waals surface area contributed by atoms with Gasteiger partial charge in [-0.2, -0.15) is 0 Å². The third-order valence-electron chi connectivity index (χ3n) is 3.21. The third-order valence-corrected chi connectivity index (χ3v) is 3.21. The van der Waals surface area contributed by atoms with Gasteiger partial charge < -0.3 is 20.1 Å². The zero-order valence-electron chi connectivity index (χ0n) is 10.8. The number of methoxy groups -OCH3 is 1. The third kappa shape index (κ3) is 6.00. The van der Waals surface area contributed by atoms with Gasteiger partial charge >= 0.3 is 5.97 Å². The van der Waals surface area contributed by atoms with Gasteiger partial charge in [0.05, 0.1) is 13.2 Å². The first-order valence-corrected chi connectivity index (χ1v) is 6.26. The lowest BCUT2D eigenvalue weighted by Gasteiger charge is -2.14. The molecule has 100 valence electrons. The van der Waals surface area contributed by atoms with Crippen molar-refractivity contribution < 1.29 is 14.6 Å². The van der Waals surface area contributed by atoms with Gasteiger partial charge in [-0.3, -0.25) is 4.79 Å². The van der Waals surface area contributed by atoms with Crippen molar-refractivity contribution in [3.05, 3.63) is 0 Å². The van der Waals surface area contributed by atoms with E-state index in [1.807, 2.05) is 0 Å². The van der Waals surface area contributed by atoms with Crippen molar-refractivity contribution >= 4 is 5.97 Å². The van der Waals surface area contributed by atoms with Crippen molar-refractivity contribution in [3.8, 4) is 0 Å². The fraction of sp³-hybridized carbons (Fsp3) is 0.917. The number of carbonyl (C=O) groups is 1. The molecule has 0 saturated carbocycles. The van der Waals surface area contributed by atoms with Crippen LogP contribution in [0.1, 0.15) is 19.3 Å². The molecule has 1 heterocycles. The van der Waals surface area contributed by atoms with Gasteiger partial charge in [-0.25, -0.2) is 0 Å². The quantitative estimate of drug-likeness (QED) is 0.610. The number of nitrogens with zero attached hydrogens (tertiary/aromatic N) is 1. The summed E-state index contributed by atoms with van der Waals surface area (Å²) >= 11 is 0. The molecule has 0 aliphatic carbocycles. The van der Waals surface area contributed by atoms with E-state index in [2.05, 4.69) is 22.0 Å². The molecule has 1 aliphatic heterocycles. The molecule has 0 radical (unpaired) electrons. The minimum atomic E-state index is -0.465. The van der Waals surface area contributed by atoms with Crippen LogP contribution >= 0.6 is 0 Å². The molecule has 2 atom stereocenters. The molecule has 17 heavy (non-hydrogen) atoms. The van der Waals surface area contributed by atoms with E-state index in [0.717, 1.165) is 19.6 Å². The zero-order chi connectivity index (χ0) is 12.7. The maximum Gasteiger partial charge on any atom is 0.305 e. The lowest BCUT2D eigenvalue weighted by molar-refractivity contribution is -0.141. The standard InChI is InChI=1S/C12H24N2O3/c1-14-6-5-10(9-14)7-13-8-11(15)3-4-12(16)17-2/h10-11,13,15H,3-9H2,1-2H3. The fourth-order valence-electron chi connectivity index (χ4n) is 2.14. The molecule has 0 amide bonds. The van der Waals surface area contributed by atoms with Crippen molar-refractivity contribution in [2.75, 3.05) is 40.3 Å². The number of hydrogen-bond donors (Lipinski definition) is 2. The van der Waals surface area contributed by atoms with Gasteiger partial charge in [-0.1, -0.05) is 0 Å². The minimum Gasteiger partial charge on any atom is -0.469 e. The average molecular weight is 244 g/mol. The molecule has 0 aromatic rings. The van der Waals surface area contributed by atoms with Gasteiger partial charge in [0.15, 0.2) is 0 Å². The molecule has 0 aromatic heterocycles. The van der Waals surface area contributed by atoms with Gasteiger partial charge in [0.2, 0.25) is 0 Å². The number of aliphatic hydroxyl groups is 1. The Morgan fingerprint density at radius 2 is 2.41 bits per heavy atom. The van der Waals surface area contributed by atoms with Crippen LogP contribution in [0.15, 0.2) is 0 Å². The number of ether oxygens (including phenoxy) is 1. The predicted molar refractivity (Wildman–Crippen MR) is 65.7 cm³/mol. The van der Waals surface area contributed by atoms with Crippen molar-refractivity contribution in [2.45, 2.75) is 25.4 Å². The van der Waals surface area contributed by atoms with Gasteiger partial charge in [0, 0.05) is 19.5 Å². The Balaban J connectivity index is 2.00. The number of likely N-dealkylation sites (tertiary alicyclic amines) is 1. The topological polar surface area (TPSA) is 61.8 Å². The van der Waals surface area contributed by atoms with Crippen LogP contribution in [0.3, 0.4) is 0 Å². The van der Waals surface area contributed by atoms with E-state index in [1.54, 1.807) is 0 Å². The van der Waals surface area contributed by atoms with Gasteiger partial charge in [0.1, 0.15) is 0 Å². The maximum absolute atomic E-state index is 10.9. The summed E-state index contributed by atoms with van der Waals surface area (Å²) in [6.45, 7) is 3.79. The number of carbonyl (C=O) groups excluding carboxylic acids is 1. The Bertz CT molecular complexity index is 236. The van der Waals surface area contributed by atoms with Crippen molar-refractivity contribution in [1.82, 2.24) is 10.2 Å². The normalized spacial score (nSPS) is 22.6. The van der Waals surface area contributed by atoms with Crippen LogP contribution in [-0.2, 0) is 9.53 Å². The first-order valence-electron chi connectivity index (χ1n) is 6.26. The summed E-state index contributed by atoms with van der Waals surface area (Å²) in [5.41, 5.74) is 0. The SMILES string of the molecule is COC(=O)CCC(O)CNCC1CCN(C)C1. The zero-order valence-corrected chi connectivity index (χ0v) is 10.8. The monoisotopic (exact) mass is 244 g/mol. The van der Waals surface area contributed by atoms with Crippen LogP contribution < -0.4 is 5.32 Å². The fourth-order valence-corrected chi connectivity index (χ4v) is 2.14. The highest BCUT2D eigenvalue weighted by atomic mass is 16.5. The largest absolute Gasteiger partial charge is 0.469 e. The molecule has 1 fully saturated rings. The van der Waals surface area contributed by atoms with Crippen LogP contribution in [0.5, 0.6) is 0 Å². The molecule has 0 spiro atoms. The molecule has 5 nitrogen and oxygen atoms in total. The highest BCUT2D eigenvalue weighted by Gasteiger charge is 2.19. The second-order valence-electron chi connectivity index (χ2n) is 4.84. The number of nitrogens with one attached hydrogen (secondary N) is 1. The Hall–Kier alpha value is -0.650. The number of hydrogen-bond acceptors (Lipinski definition) is 5. The Labute approximate surface area is 103 Å². The summed E-state index contributed by atoms with van der Waals surface area (Å²) in [6, 6.07) is 0. The molecular formula is C12H24N2O3. The molecule has 2 unspecified atom stereocenters. The highest BCUT2D eigenvalue weighted by Crippen LogP contribution is 2.12. The summed E-state index contributed by atoms with van der Waals surface area (Å²) < 4.78 is 4.52. The Morgan fingerprint density at radius 3 is 3.00 bits per heavy atom. The van der Waals surface area contributed by atoms with E-state index >= 15 is 0 Å². The second-order valence-corrected chi connectivity index (χ2v) is 4.84. The van der Waals surface area contributed by atoms with Crippen molar-refractivity contribution in [2.24, 2.45) is 5.92 Å². The van der Waals surface area contributed by atoms with E-state index in [-0.39, 0.29) is 12.4 Å². The lowest BCUT2D eigenvalue weighted by Crippen LogP contribution is -2.32. The highest BCUT2D eigenvalue weighted by molar-refractivity contribution is 5.69. The maximum atomic E-state index is 10.9. The number of rotatable bonds is 7. The smallest absolute Gasteiger partial charge is 0.305 e. The van der Waals surface area contributed by atoms with Crippen LogP contribution in [0, 0.1) is 5.92 Å². The van der Waals surface area contributed by atoms with E-state index in [9.17, 15) is 9.90 Å². The van der Waals surface area contributed by atoms with Gasteiger partial charge in [-0.05, 0) is 38.9 Å². The summed E-state index contributed by atoms with van der Waals surface area (Å²) in [6.07, 6.45) is 1.51. The first kappa shape index (κ1) is 14.4. The first-order chi connectivity index (χ1) is 8.11. The van der Waals surface area contributed by atoms with Crippen molar-refractivity contribution in [3.63, 3.8) is 0 Å². The number of esters is 1. The molecule has 2 N–H and O–H groups in total. The predicted octanol–water partition coefficient (Wildman–Crippen LogP) is -0.158. The van der Waals surface area contributed by atoms with E-state index < -0.39 is 6.10 Å². The van der Waals surface area contributed by atoms with Crippen LogP contribution in [0.2, 0.25) is 0 Å². The van der Waals surface area contributed by atoms with Gasteiger partial charge in [0.25, 0.3) is 0 Å². The molecule has 1 saturated heterocycles. The molecule has 1 rings (SSSR count). The van der Waals surface area contributed by atoms with E-state index in [1.165, 1.54) is 13.5 Å². The average Bonchev–Trinajstić information content (AvgIpc) is 2.72. The summed E-state index contributed by atoms with van der Waals surface area (Å²) in [5.74, 6) is 0.425. The molecular weight excluding hydrogens is 220 g/mol. The molecule has 0 bridgehead atoms. The molecule has 1 aliphatic rings. The van der Waals surface area contributed by atoms with Crippen LogP contribution in [0.4, 0.5) is 0 Å². The lowest BCUT2D eigenvalue weighted by atomic mass is 10.1. The Morgan fingerprint density at radius 1 is 1.65 bits per heavy atom. The molecule has 0 aromatic carbocycles. The van der Waals surface area contributed by atoms with Crippen LogP contribution in [-0.4, -0.2) is 62.4 Å². The summed E-state index contributed by atoms with van der Waals surface area (Å²) in [7, 11) is 3.49. The van der Waals surface area contributed by atoms with E-state index in [0.29, 0.717) is 18.9 Å². The minimum absolute atomic E-state index is 0.263. The summed E-state index contributed by atoms with van der Waals surface area (Å²) in [4.78, 5) is 13.2. The number of aliphatic hydroxyl groups excluding tert-OH is 1. The Kier molecular flexibility index (Phi) is 6.47. The van der Waals surface area contributed by atoms with Crippen molar-refractivity contribution in [1.29, 1.82) is 0 Å². The molecule has 5 heteroatoms. The summed E-state index contributed by atoms with van der Waals surface area (Å²) in [5, 5.41) is 12.9. The van der Waals surface area contributed by atoms with Gasteiger partial charge in [-0.15, -0.1) is 0 Å².